The molecule has 3 rings (SSSR count). The second-order valence-corrected chi connectivity index (χ2v) is 8.21. The van der Waals surface area contributed by atoms with Gasteiger partial charge in [-0.2, -0.15) is 0 Å². The van der Waals surface area contributed by atoms with Gasteiger partial charge in [0.25, 0.3) is 0 Å². The molecule has 4 heteroatoms. The van der Waals surface area contributed by atoms with Crippen LogP contribution in [0.15, 0.2) is 34.7 Å². The van der Waals surface area contributed by atoms with E-state index in [1.807, 2.05) is 0 Å². The Morgan fingerprint density at radius 3 is 2.72 bits per heavy atom. The molecule has 2 aliphatic carbocycles. The van der Waals surface area contributed by atoms with Crippen molar-refractivity contribution in [2.24, 2.45) is 22.7 Å². The van der Waals surface area contributed by atoms with Crippen LogP contribution in [-0.4, -0.2) is 18.9 Å². The highest BCUT2D eigenvalue weighted by Crippen LogP contribution is 2.61. The molecule has 0 amide bonds. The predicted molar refractivity (Wildman–Crippen MR) is 95.1 cm³/mol. The number of carbonyl (C=O) groups excluding carboxylic acids is 2. The van der Waals surface area contributed by atoms with E-state index in [0.717, 1.165) is 31.3 Å². The van der Waals surface area contributed by atoms with E-state index in [9.17, 15) is 9.59 Å². The smallest absolute Gasteiger partial charge is 0.333 e. The standard InChI is InChI=1S/C21H28O4/c1-14-8-10-20(2)16(19(23)24-4)6-5-7-18(20)21(14,3)12-17(22)15-9-11-25-13-15/h6,9,11,13-14,18H,5,7-8,10,12H2,1-4H3/t14-,18+,20+,21+/m1/s1. The van der Waals surface area contributed by atoms with Crippen LogP contribution >= 0.6 is 0 Å². The van der Waals surface area contributed by atoms with E-state index in [1.54, 1.807) is 12.3 Å². The van der Waals surface area contributed by atoms with Crippen LogP contribution in [0.4, 0.5) is 0 Å². The normalized spacial score (nSPS) is 34.8. The van der Waals surface area contributed by atoms with Gasteiger partial charge in [0.2, 0.25) is 0 Å². The van der Waals surface area contributed by atoms with Crippen molar-refractivity contribution in [2.45, 2.75) is 52.9 Å². The van der Waals surface area contributed by atoms with Gasteiger partial charge in [-0.1, -0.05) is 26.8 Å². The second-order valence-electron chi connectivity index (χ2n) is 8.21. The second kappa shape index (κ2) is 6.47. The van der Waals surface area contributed by atoms with Gasteiger partial charge in [0.15, 0.2) is 5.78 Å². The van der Waals surface area contributed by atoms with Crippen LogP contribution in [0.25, 0.3) is 0 Å². The van der Waals surface area contributed by atoms with E-state index in [-0.39, 0.29) is 22.6 Å². The first kappa shape index (κ1) is 18.0. The number of carbonyl (C=O) groups is 2. The topological polar surface area (TPSA) is 56.5 Å². The van der Waals surface area contributed by atoms with E-state index in [4.69, 9.17) is 9.15 Å². The van der Waals surface area contributed by atoms with Crippen LogP contribution in [0, 0.1) is 22.7 Å². The molecule has 1 fully saturated rings. The summed E-state index contributed by atoms with van der Waals surface area (Å²) in [5.74, 6) is 0.629. The first-order chi connectivity index (χ1) is 11.8. The van der Waals surface area contributed by atoms with Gasteiger partial charge in [0, 0.05) is 17.4 Å². The third kappa shape index (κ3) is 2.86. The molecule has 1 saturated carbocycles. The Morgan fingerprint density at radius 2 is 2.08 bits per heavy atom. The molecular weight excluding hydrogens is 316 g/mol. The summed E-state index contributed by atoms with van der Waals surface area (Å²) in [7, 11) is 1.45. The highest BCUT2D eigenvalue weighted by atomic mass is 16.5. The van der Waals surface area contributed by atoms with Gasteiger partial charge in [-0.15, -0.1) is 0 Å². The molecule has 0 bridgehead atoms. The van der Waals surface area contributed by atoms with E-state index in [0.29, 0.717) is 23.8 Å². The summed E-state index contributed by atoms with van der Waals surface area (Å²) in [6.07, 6.45) is 9.47. The highest BCUT2D eigenvalue weighted by molar-refractivity contribution is 5.96. The van der Waals surface area contributed by atoms with Crippen molar-refractivity contribution < 1.29 is 18.7 Å². The number of rotatable bonds is 4. The molecule has 1 aromatic heterocycles. The van der Waals surface area contributed by atoms with Gasteiger partial charge in [-0.05, 0) is 49.0 Å². The molecule has 136 valence electrons. The van der Waals surface area contributed by atoms with E-state index in [2.05, 4.69) is 26.8 Å². The van der Waals surface area contributed by atoms with Gasteiger partial charge in [-0.25, -0.2) is 4.79 Å². The maximum Gasteiger partial charge on any atom is 0.333 e. The lowest BCUT2D eigenvalue weighted by molar-refractivity contribution is -0.140. The van der Waals surface area contributed by atoms with Crippen molar-refractivity contribution in [1.82, 2.24) is 0 Å². The van der Waals surface area contributed by atoms with Gasteiger partial charge < -0.3 is 9.15 Å². The number of fused-ring (bicyclic) bond motifs is 1. The van der Waals surface area contributed by atoms with Gasteiger partial charge in [0.05, 0.1) is 18.9 Å². The number of hydrogen-bond donors (Lipinski definition) is 0. The third-order valence-corrected chi connectivity index (χ3v) is 7.00. The van der Waals surface area contributed by atoms with Crippen molar-refractivity contribution >= 4 is 11.8 Å². The Morgan fingerprint density at radius 1 is 1.32 bits per heavy atom. The maximum absolute atomic E-state index is 12.8. The largest absolute Gasteiger partial charge is 0.472 e. The molecule has 25 heavy (non-hydrogen) atoms. The van der Waals surface area contributed by atoms with Crippen molar-refractivity contribution in [2.75, 3.05) is 7.11 Å². The fourth-order valence-corrected chi connectivity index (χ4v) is 5.28. The van der Waals surface area contributed by atoms with Crippen LogP contribution in [0.2, 0.25) is 0 Å². The van der Waals surface area contributed by atoms with Crippen LogP contribution in [0.5, 0.6) is 0 Å². The lowest BCUT2D eigenvalue weighted by atomic mass is 9.46. The number of hydrogen-bond acceptors (Lipinski definition) is 4. The number of Topliss-reactive ketones (excluding diaryl/α,β-unsaturated/α-hetero) is 1. The zero-order chi connectivity index (χ0) is 18.2. The average molecular weight is 344 g/mol. The van der Waals surface area contributed by atoms with E-state index in [1.165, 1.54) is 13.4 Å². The van der Waals surface area contributed by atoms with Crippen molar-refractivity contribution in [3.8, 4) is 0 Å². The lowest BCUT2D eigenvalue weighted by Crippen LogP contribution is -2.51. The summed E-state index contributed by atoms with van der Waals surface area (Å²) in [5, 5.41) is 0. The molecule has 2 aliphatic rings. The minimum absolute atomic E-state index is 0.126. The fourth-order valence-electron chi connectivity index (χ4n) is 5.28. The first-order valence-electron chi connectivity index (χ1n) is 9.17. The maximum atomic E-state index is 12.8. The molecule has 0 aromatic carbocycles. The van der Waals surface area contributed by atoms with E-state index >= 15 is 0 Å². The zero-order valence-electron chi connectivity index (χ0n) is 15.6. The number of ketones is 1. The molecule has 1 heterocycles. The summed E-state index contributed by atoms with van der Waals surface area (Å²) < 4.78 is 10.1. The zero-order valence-corrected chi connectivity index (χ0v) is 15.6. The molecule has 1 aromatic rings. The van der Waals surface area contributed by atoms with Crippen LogP contribution in [0.3, 0.4) is 0 Å². The summed E-state index contributed by atoms with van der Waals surface area (Å²) in [6, 6.07) is 1.74. The van der Waals surface area contributed by atoms with Crippen LogP contribution in [-0.2, 0) is 9.53 Å². The van der Waals surface area contributed by atoms with Gasteiger partial charge in [-0.3, -0.25) is 4.79 Å². The quantitative estimate of drug-likeness (QED) is 0.581. The van der Waals surface area contributed by atoms with E-state index < -0.39 is 0 Å². The Hall–Kier alpha value is -1.84. The molecule has 0 unspecified atom stereocenters. The van der Waals surface area contributed by atoms with Crippen molar-refractivity contribution in [1.29, 1.82) is 0 Å². The molecule has 4 nitrogen and oxygen atoms in total. The lowest BCUT2D eigenvalue weighted by Gasteiger charge is -2.57. The van der Waals surface area contributed by atoms with Crippen molar-refractivity contribution in [3.05, 3.63) is 35.8 Å². The van der Waals surface area contributed by atoms with Crippen LogP contribution in [0.1, 0.15) is 63.2 Å². The number of allylic oxidation sites excluding steroid dienone is 1. The fraction of sp³-hybridized carbons (Fsp3) is 0.619. The monoisotopic (exact) mass is 344 g/mol. The third-order valence-electron chi connectivity index (χ3n) is 7.00. The molecule has 0 saturated heterocycles. The Balaban J connectivity index is 1.95. The predicted octanol–water partition coefficient (Wildman–Crippen LogP) is 4.80. The van der Waals surface area contributed by atoms with Gasteiger partial charge >= 0.3 is 5.97 Å². The molecule has 0 spiro atoms. The number of methoxy groups -OCH3 is 1. The summed E-state index contributed by atoms with van der Waals surface area (Å²) >= 11 is 0. The minimum Gasteiger partial charge on any atom is -0.472 e. The number of furan rings is 1. The average Bonchev–Trinajstić information content (AvgIpc) is 3.12. The summed E-state index contributed by atoms with van der Waals surface area (Å²) in [6.45, 7) is 6.67. The number of esters is 1. The Bertz CT molecular complexity index is 687. The van der Waals surface area contributed by atoms with Gasteiger partial charge in [0.1, 0.15) is 6.26 Å². The summed E-state index contributed by atoms with van der Waals surface area (Å²) in [5.41, 5.74) is 1.08. The minimum atomic E-state index is -0.219. The molecule has 0 N–H and O–H groups in total. The molecule has 0 aliphatic heterocycles. The Labute approximate surface area is 149 Å². The first-order valence-corrected chi connectivity index (χ1v) is 9.17. The highest BCUT2D eigenvalue weighted by Gasteiger charge is 2.56. The number of ether oxygens (including phenoxy) is 1. The van der Waals surface area contributed by atoms with Crippen LogP contribution < -0.4 is 0 Å². The molecule has 0 radical (unpaired) electrons. The molecule has 4 atom stereocenters. The molecular formula is C21H28O4. The van der Waals surface area contributed by atoms with Crippen molar-refractivity contribution in [3.63, 3.8) is 0 Å². The summed E-state index contributed by atoms with van der Waals surface area (Å²) in [4.78, 5) is 25.2. The Kier molecular flexibility index (Phi) is 4.65. The SMILES string of the molecule is COC(=O)C1=CCC[C@@H]2[C@@](C)(CC(=O)c3ccoc3)[C@H](C)CC[C@@]12C.